The van der Waals surface area contributed by atoms with E-state index in [0.29, 0.717) is 18.0 Å². The van der Waals surface area contributed by atoms with Gasteiger partial charge in [0.2, 0.25) is 0 Å². The number of ether oxygens (including phenoxy) is 2. The van der Waals surface area contributed by atoms with E-state index in [4.69, 9.17) is 9.47 Å². The summed E-state index contributed by atoms with van der Waals surface area (Å²) < 4.78 is 10.1. The van der Waals surface area contributed by atoms with Gasteiger partial charge in [0.05, 0.1) is 6.61 Å². The van der Waals surface area contributed by atoms with Crippen LogP contribution in [-0.4, -0.2) is 42.8 Å². The molecule has 1 saturated heterocycles. The fourth-order valence-electron chi connectivity index (χ4n) is 2.17. The second kappa shape index (κ2) is 9.29. The monoisotopic (exact) mass is 338 g/mol. The van der Waals surface area contributed by atoms with Gasteiger partial charge < -0.3 is 20.1 Å². The summed E-state index contributed by atoms with van der Waals surface area (Å²) in [6.45, 7) is 1.95. The third kappa shape index (κ3) is 6.40. The van der Waals surface area contributed by atoms with Crippen LogP contribution in [0.5, 0.6) is 5.75 Å². The van der Waals surface area contributed by atoms with E-state index in [-0.39, 0.29) is 18.7 Å². The summed E-state index contributed by atoms with van der Waals surface area (Å²) in [5, 5.41) is 5.78. The maximum Gasteiger partial charge on any atom is 0.344 e. The largest absolute Gasteiger partial charge is 0.482 e. The Hall–Kier alpha value is -1.89. The molecule has 1 aromatic rings. The van der Waals surface area contributed by atoms with Crippen molar-refractivity contribution in [3.63, 3.8) is 0 Å². The molecule has 1 heterocycles. The van der Waals surface area contributed by atoms with Gasteiger partial charge in [-0.3, -0.25) is 0 Å². The Kier molecular flexibility index (Phi) is 7.06. The highest BCUT2D eigenvalue weighted by Crippen LogP contribution is 2.18. The minimum Gasteiger partial charge on any atom is -0.482 e. The number of anilines is 1. The van der Waals surface area contributed by atoms with E-state index in [2.05, 4.69) is 10.6 Å². The first-order chi connectivity index (χ1) is 11.2. The average Bonchev–Trinajstić information content (AvgIpc) is 2.55. The molecule has 0 spiro atoms. The molecule has 1 aliphatic heterocycles. The van der Waals surface area contributed by atoms with Gasteiger partial charge in [0.1, 0.15) is 5.75 Å². The van der Waals surface area contributed by atoms with Crippen LogP contribution >= 0.6 is 11.8 Å². The molecular formula is C16H22N2O4S. The van der Waals surface area contributed by atoms with Crippen molar-refractivity contribution in [2.45, 2.75) is 25.8 Å². The van der Waals surface area contributed by atoms with Crippen LogP contribution in [0.15, 0.2) is 24.3 Å². The van der Waals surface area contributed by atoms with Gasteiger partial charge in [-0.15, -0.1) is 0 Å². The highest BCUT2D eigenvalue weighted by Gasteiger charge is 2.15. The standard InChI is InChI=1S/C16H22N2O4S/c1-2-21-15(19)11-22-14-5-3-12(4-6-14)17-16(20)18-13-7-9-23-10-8-13/h3-6,13H,2,7-11H2,1H3,(H2,17,18,20). The van der Waals surface area contributed by atoms with E-state index < -0.39 is 5.97 Å². The van der Waals surface area contributed by atoms with Gasteiger partial charge in [0, 0.05) is 11.7 Å². The van der Waals surface area contributed by atoms with Crippen molar-refractivity contribution in [2.75, 3.05) is 30.0 Å². The first-order valence-corrected chi connectivity index (χ1v) is 8.86. The van der Waals surface area contributed by atoms with E-state index in [1.807, 2.05) is 11.8 Å². The minimum atomic E-state index is -0.403. The zero-order chi connectivity index (χ0) is 16.5. The predicted molar refractivity (Wildman–Crippen MR) is 91.1 cm³/mol. The van der Waals surface area contributed by atoms with Crippen LogP contribution < -0.4 is 15.4 Å². The van der Waals surface area contributed by atoms with Crippen molar-refractivity contribution in [3.05, 3.63) is 24.3 Å². The fraction of sp³-hybridized carbons (Fsp3) is 0.500. The van der Waals surface area contributed by atoms with Crippen LogP contribution in [0.4, 0.5) is 10.5 Å². The Morgan fingerprint density at radius 3 is 2.57 bits per heavy atom. The normalized spacial score (nSPS) is 14.8. The summed E-state index contributed by atoms with van der Waals surface area (Å²) in [5.41, 5.74) is 0.677. The number of thioether (sulfide) groups is 1. The molecule has 6 nitrogen and oxygen atoms in total. The molecule has 0 aliphatic carbocycles. The Morgan fingerprint density at radius 1 is 1.22 bits per heavy atom. The molecule has 2 N–H and O–H groups in total. The summed E-state index contributed by atoms with van der Waals surface area (Å²) in [6, 6.07) is 6.93. The zero-order valence-corrected chi connectivity index (χ0v) is 14.0. The Labute approximate surface area is 140 Å². The number of hydrogen-bond donors (Lipinski definition) is 2. The van der Waals surface area contributed by atoms with Crippen LogP contribution in [0.2, 0.25) is 0 Å². The van der Waals surface area contributed by atoms with Gasteiger partial charge >= 0.3 is 12.0 Å². The highest BCUT2D eigenvalue weighted by atomic mass is 32.2. The molecule has 1 aromatic carbocycles. The summed E-state index contributed by atoms with van der Waals surface area (Å²) >= 11 is 1.92. The molecule has 2 amide bonds. The van der Waals surface area contributed by atoms with Crippen LogP contribution in [0.25, 0.3) is 0 Å². The number of urea groups is 1. The van der Waals surface area contributed by atoms with E-state index in [1.165, 1.54) is 0 Å². The summed E-state index contributed by atoms with van der Waals surface area (Å²) in [6.07, 6.45) is 2.03. The molecule has 0 radical (unpaired) electrons. The maximum atomic E-state index is 11.9. The summed E-state index contributed by atoms with van der Waals surface area (Å²) in [7, 11) is 0. The van der Waals surface area contributed by atoms with Crippen molar-refractivity contribution in [3.8, 4) is 5.75 Å². The molecule has 0 bridgehead atoms. The number of carbonyl (C=O) groups is 2. The SMILES string of the molecule is CCOC(=O)COc1ccc(NC(=O)NC2CCSCC2)cc1. The van der Waals surface area contributed by atoms with Gasteiger partial charge in [-0.1, -0.05) is 0 Å². The van der Waals surface area contributed by atoms with Crippen molar-refractivity contribution < 1.29 is 19.1 Å². The smallest absolute Gasteiger partial charge is 0.344 e. The average molecular weight is 338 g/mol. The quantitative estimate of drug-likeness (QED) is 0.780. The molecule has 0 aromatic heterocycles. The van der Waals surface area contributed by atoms with Crippen LogP contribution in [0, 0.1) is 0 Å². The van der Waals surface area contributed by atoms with Gasteiger partial charge in [0.25, 0.3) is 0 Å². The number of amides is 2. The molecule has 0 atom stereocenters. The number of hydrogen-bond acceptors (Lipinski definition) is 5. The number of carbonyl (C=O) groups excluding carboxylic acids is 2. The number of rotatable bonds is 6. The van der Waals surface area contributed by atoms with Crippen LogP contribution in [0.3, 0.4) is 0 Å². The van der Waals surface area contributed by atoms with E-state index in [1.54, 1.807) is 31.2 Å². The molecule has 7 heteroatoms. The second-order valence-corrected chi connectivity index (χ2v) is 6.33. The Morgan fingerprint density at radius 2 is 1.91 bits per heavy atom. The van der Waals surface area contributed by atoms with Crippen LogP contribution in [0.1, 0.15) is 19.8 Å². The molecule has 0 saturated carbocycles. The second-order valence-electron chi connectivity index (χ2n) is 5.10. The van der Waals surface area contributed by atoms with Crippen LogP contribution in [-0.2, 0) is 9.53 Å². The summed E-state index contributed by atoms with van der Waals surface area (Å²) in [4.78, 5) is 23.1. The Bertz CT molecular complexity index is 515. The number of esters is 1. The third-order valence-corrected chi connectivity index (χ3v) is 4.38. The zero-order valence-electron chi connectivity index (χ0n) is 13.2. The lowest BCUT2D eigenvalue weighted by molar-refractivity contribution is -0.145. The first-order valence-electron chi connectivity index (χ1n) is 7.71. The minimum absolute atomic E-state index is 0.124. The van der Waals surface area contributed by atoms with Crippen molar-refractivity contribution in [2.24, 2.45) is 0 Å². The number of nitrogens with one attached hydrogen (secondary N) is 2. The topological polar surface area (TPSA) is 76.7 Å². The van der Waals surface area contributed by atoms with Crippen molar-refractivity contribution in [1.82, 2.24) is 5.32 Å². The molecule has 0 unspecified atom stereocenters. The lowest BCUT2D eigenvalue weighted by Gasteiger charge is -2.22. The van der Waals surface area contributed by atoms with Gasteiger partial charge in [0.15, 0.2) is 6.61 Å². The predicted octanol–water partition coefficient (Wildman–Crippen LogP) is 2.65. The van der Waals surface area contributed by atoms with Crippen molar-refractivity contribution in [1.29, 1.82) is 0 Å². The molecule has 1 fully saturated rings. The van der Waals surface area contributed by atoms with E-state index in [0.717, 1.165) is 24.3 Å². The lowest BCUT2D eigenvalue weighted by atomic mass is 10.2. The van der Waals surface area contributed by atoms with Gasteiger partial charge in [-0.05, 0) is 55.5 Å². The molecular weight excluding hydrogens is 316 g/mol. The summed E-state index contributed by atoms with van der Waals surface area (Å²) in [5.74, 6) is 2.34. The fourth-order valence-corrected chi connectivity index (χ4v) is 3.28. The Balaban J connectivity index is 1.75. The van der Waals surface area contributed by atoms with Gasteiger partial charge in [-0.25, -0.2) is 9.59 Å². The molecule has 126 valence electrons. The maximum absolute atomic E-state index is 11.9. The lowest BCUT2D eigenvalue weighted by Crippen LogP contribution is -2.39. The number of benzene rings is 1. The third-order valence-electron chi connectivity index (χ3n) is 3.33. The molecule has 23 heavy (non-hydrogen) atoms. The van der Waals surface area contributed by atoms with Gasteiger partial charge in [-0.2, -0.15) is 11.8 Å². The molecule has 1 aliphatic rings. The van der Waals surface area contributed by atoms with Crippen molar-refractivity contribution >= 4 is 29.4 Å². The highest BCUT2D eigenvalue weighted by molar-refractivity contribution is 7.99. The van der Waals surface area contributed by atoms with E-state index in [9.17, 15) is 9.59 Å². The molecule has 2 rings (SSSR count). The van der Waals surface area contributed by atoms with E-state index >= 15 is 0 Å². The first kappa shape index (κ1) is 17.5.